The first-order chi connectivity index (χ1) is 7.84. The molecule has 2 unspecified atom stereocenters. The Balaban J connectivity index is 3.23. The molecule has 0 radical (unpaired) electrons. The Kier molecular flexibility index (Phi) is 3.61. The molecule has 0 heterocycles. The number of anilines is 1. The number of nitro benzene ring substituents is 1. The minimum absolute atomic E-state index is 0.113. The van der Waals surface area contributed by atoms with Crippen LogP contribution in [-0.4, -0.2) is 32.3 Å². The number of nitro groups is 1. The number of rotatable bonds is 4. The van der Waals surface area contributed by atoms with Crippen LogP contribution >= 0.6 is 0 Å². The first-order valence-corrected chi connectivity index (χ1v) is 4.47. The van der Waals surface area contributed by atoms with Crippen LogP contribution in [0.5, 0.6) is 0 Å². The van der Waals surface area contributed by atoms with E-state index in [2.05, 4.69) is 0 Å². The van der Waals surface area contributed by atoms with E-state index in [-0.39, 0.29) is 11.3 Å². The van der Waals surface area contributed by atoms with Crippen LogP contribution in [0.25, 0.3) is 0 Å². The Morgan fingerprint density at radius 3 is 2.47 bits per heavy atom. The fourth-order valence-corrected chi connectivity index (χ4v) is 1.28. The topological polar surface area (TPSA) is 147 Å². The van der Waals surface area contributed by atoms with Crippen molar-refractivity contribution in [2.75, 3.05) is 5.73 Å². The second-order valence-corrected chi connectivity index (χ2v) is 3.30. The van der Waals surface area contributed by atoms with E-state index >= 15 is 0 Å². The summed E-state index contributed by atoms with van der Waals surface area (Å²) in [6.45, 7) is 0. The van der Waals surface area contributed by atoms with Gasteiger partial charge in [0.15, 0.2) is 6.10 Å². The Morgan fingerprint density at radius 1 is 1.41 bits per heavy atom. The van der Waals surface area contributed by atoms with Crippen molar-refractivity contribution in [2.45, 2.75) is 12.2 Å². The van der Waals surface area contributed by atoms with E-state index in [9.17, 15) is 20.0 Å². The highest BCUT2D eigenvalue weighted by Crippen LogP contribution is 2.29. The SMILES string of the molecule is Nc1ccc([N+](=O)[O-])c(C(O)C(O)C(=O)O)c1. The van der Waals surface area contributed by atoms with Gasteiger partial charge in [-0.15, -0.1) is 0 Å². The standard InChI is InChI=1S/C9H10N2O6/c10-4-1-2-6(11(16)17)5(3-4)7(12)8(13)9(14)15/h1-3,7-8,12-13H,10H2,(H,14,15). The van der Waals surface area contributed by atoms with Gasteiger partial charge in [0.05, 0.1) is 10.5 Å². The predicted octanol–water partition coefficient (Wildman–Crippen LogP) is -0.344. The molecule has 8 nitrogen and oxygen atoms in total. The Bertz CT molecular complexity index is 461. The number of benzene rings is 1. The summed E-state index contributed by atoms with van der Waals surface area (Å²) in [4.78, 5) is 20.3. The van der Waals surface area contributed by atoms with E-state index in [0.29, 0.717) is 0 Å². The molecule has 1 aromatic rings. The van der Waals surface area contributed by atoms with Crippen molar-refractivity contribution in [3.63, 3.8) is 0 Å². The molecule has 0 saturated heterocycles. The maximum Gasteiger partial charge on any atom is 0.335 e. The monoisotopic (exact) mass is 242 g/mol. The summed E-state index contributed by atoms with van der Waals surface area (Å²) < 4.78 is 0. The third-order valence-electron chi connectivity index (χ3n) is 2.12. The molecule has 0 fully saturated rings. The van der Waals surface area contributed by atoms with Gasteiger partial charge in [0.2, 0.25) is 0 Å². The summed E-state index contributed by atoms with van der Waals surface area (Å²) in [5, 5.41) is 37.8. The fraction of sp³-hybridized carbons (Fsp3) is 0.222. The summed E-state index contributed by atoms with van der Waals surface area (Å²) in [5.74, 6) is -1.69. The minimum Gasteiger partial charge on any atom is -0.479 e. The molecule has 0 aliphatic heterocycles. The van der Waals surface area contributed by atoms with Gasteiger partial charge in [-0.3, -0.25) is 10.1 Å². The fourth-order valence-electron chi connectivity index (χ4n) is 1.28. The molecule has 92 valence electrons. The van der Waals surface area contributed by atoms with Crippen LogP contribution in [0.2, 0.25) is 0 Å². The Hall–Kier alpha value is -2.19. The van der Waals surface area contributed by atoms with E-state index in [1.165, 1.54) is 6.07 Å². The first kappa shape index (κ1) is 12.9. The van der Waals surface area contributed by atoms with E-state index in [1.54, 1.807) is 0 Å². The lowest BCUT2D eigenvalue weighted by Crippen LogP contribution is -2.28. The van der Waals surface area contributed by atoms with E-state index in [0.717, 1.165) is 12.1 Å². The van der Waals surface area contributed by atoms with Crippen molar-refractivity contribution in [1.82, 2.24) is 0 Å². The third kappa shape index (κ3) is 2.68. The Labute approximate surface area is 95.1 Å². The van der Waals surface area contributed by atoms with Crippen LogP contribution < -0.4 is 5.73 Å². The molecule has 17 heavy (non-hydrogen) atoms. The summed E-state index contributed by atoms with van der Waals surface area (Å²) >= 11 is 0. The van der Waals surface area contributed by atoms with E-state index < -0.39 is 28.8 Å². The normalized spacial score (nSPS) is 14.0. The van der Waals surface area contributed by atoms with Crippen LogP contribution in [0.4, 0.5) is 11.4 Å². The van der Waals surface area contributed by atoms with Gasteiger partial charge < -0.3 is 21.1 Å². The molecule has 0 spiro atoms. The highest BCUT2D eigenvalue weighted by Gasteiger charge is 2.30. The smallest absolute Gasteiger partial charge is 0.335 e. The predicted molar refractivity (Wildman–Crippen MR) is 56.1 cm³/mol. The van der Waals surface area contributed by atoms with E-state index in [1.807, 2.05) is 0 Å². The molecule has 1 aromatic carbocycles. The summed E-state index contributed by atoms with van der Waals surface area (Å²) in [7, 11) is 0. The zero-order valence-electron chi connectivity index (χ0n) is 8.48. The van der Waals surface area contributed by atoms with Gasteiger partial charge in [0.1, 0.15) is 6.10 Å². The number of nitrogens with zero attached hydrogens (tertiary/aromatic N) is 1. The number of aliphatic hydroxyl groups is 2. The number of carbonyl (C=O) groups is 1. The number of carboxylic acid groups (broad SMARTS) is 1. The average Bonchev–Trinajstić information content (AvgIpc) is 2.26. The van der Waals surface area contributed by atoms with Gasteiger partial charge in [0.25, 0.3) is 5.69 Å². The second kappa shape index (κ2) is 4.76. The van der Waals surface area contributed by atoms with Crippen molar-refractivity contribution < 1.29 is 25.0 Å². The number of aliphatic carboxylic acids is 1. The minimum atomic E-state index is -2.16. The van der Waals surface area contributed by atoms with Crippen LogP contribution in [0, 0.1) is 10.1 Å². The van der Waals surface area contributed by atoms with Crippen molar-refractivity contribution in [3.8, 4) is 0 Å². The molecule has 5 N–H and O–H groups in total. The maximum absolute atomic E-state index is 10.7. The lowest BCUT2D eigenvalue weighted by molar-refractivity contribution is -0.386. The number of hydrogen-bond donors (Lipinski definition) is 4. The van der Waals surface area contributed by atoms with Gasteiger partial charge in [-0.2, -0.15) is 0 Å². The average molecular weight is 242 g/mol. The molecule has 8 heteroatoms. The van der Waals surface area contributed by atoms with Gasteiger partial charge in [-0.25, -0.2) is 4.79 Å². The van der Waals surface area contributed by atoms with E-state index in [4.69, 9.17) is 15.9 Å². The van der Waals surface area contributed by atoms with Crippen LogP contribution in [-0.2, 0) is 4.79 Å². The van der Waals surface area contributed by atoms with Gasteiger partial charge in [-0.05, 0) is 12.1 Å². The number of hydrogen-bond acceptors (Lipinski definition) is 6. The largest absolute Gasteiger partial charge is 0.479 e. The molecule has 0 bridgehead atoms. The molecular weight excluding hydrogens is 232 g/mol. The third-order valence-corrected chi connectivity index (χ3v) is 2.12. The highest BCUT2D eigenvalue weighted by atomic mass is 16.6. The molecular formula is C9H10N2O6. The van der Waals surface area contributed by atoms with Crippen LogP contribution in [0.1, 0.15) is 11.7 Å². The zero-order valence-corrected chi connectivity index (χ0v) is 8.48. The quantitative estimate of drug-likeness (QED) is 0.320. The molecule has 2 atom stereocenters. The maximum atomic E-state index is 10.7. The number of aliphatic hydroxyl groups excluding tert-OH is 2. The lowest BCUT2D eigenvalue weighted by atomic mass is 10.0. The number of nitrogen functional groups attached to an aromatic ring is 1. The van der Waals surface area contributed by atoms with Crippen molar-refractivity contribution in [2.24, 2.45) is 0 Å². The van der Waals surface area contributed by atoms with Crippen molar-refractivity contribution in [1.29, 1.82) is 0 Å². The second-order valence-electron chi connectivity index (χ2n) is 3.30. The summed E-state index contributed by atoms with van der Waals surface area (Å²) in [6.07, 6.45) is -4.08. The molecule has 0 aromatic heterocycles. The Morgan fingerprint density at radius 2 is 2.00 bits per heavy atom. The zero-order chi connectivity index (χ0) is 13.2. The highest BCUT2D eigenvalue weighted by molar-refractivity contribution is 5.73. The molecule has 1 rings (SSSR count). The van der Waals surface area contributed by atoms with Gasteiger partial charge in [-0.1, -0.05) is 0 Å². The molecule has 0 aliphatic rings. The molecule has 0 saturated carbocycles. The van der Waals surface area contributed by atoms with Crippen molar-refractivity contribution >= 4 is 17.3 Å². The molecule has 0 amide bonds. The first-order valence-electron chi connectivity index (χ1n) is 4.47. The lowest BCUT2D eigenvalue weighted by Gasteiger charge is -2.14. The number of nitrogens with two attached hydrogens (primary N) is 1. The summed E-state index contributed by atoms with van der Waals surface area (Å²) in [5.41, 5.74) is 4.64. The number of carboxylic acids is 1. The summed E-state index contributed by atoms with van der Waals surface area (Å²) in [6, 6.07) is 3.32. The van der Waals surface area contributed by atoms with Crippen LogP contribution in [0.3, 0.4) is 0 Å². The van der Waals surface area contributed by atoms with Crippen molar-refractivity contribution in [3.05, 3.63) is 33.9 Å². The van der Waals surface area contributed by atoms with Crippen LogP contribution in [0.15, 0.2) is 18.2 Å². The molecule has 0 aliphatic carbocycles. The van der Waals surface area contributed by atoms with Gasteiger partial charge in [0, 0.05) is 11.8 Å². The van der Waals surface area contributed by atoms with Gasteiger partial charge >= 0.3 is 5.97 Å².